The molecule has 2 nitrogen and oxygen atoms in total. The summed E-state index contributed by atoms with van der Waals surface area (Å²) in [6, 6.07) is 7.39. The predicted octanol–water partition coefficient (Wildman–Crippen LogP) is 2.94. The van der Waals surface area contributed by atoms with E-state index in [-0.39, 0.29) is 6.10 Å². The monoisotopic (exact) mass is 226 g/mol. The fourth-order valence-electron chi connectivity index (χ4n) is 1.93. The summed E-state index contributed by atoms with van der Waals surface area (Å²) in [5.41, 5.74) is 0.770. The highest BCUT2D eigenvalue weighted by atomic mass is 35.5. The van der Waals surface area contributed by atoms with Gasteiger partial charge in [0.05, 0.1) is 6.10 Å². The molecule has 0 bridgehead atoms. The van der Waals surface area contributed by atoms with Crippen molar-refractivity contribution < 1.29 is 9.84 Å². The molecular formula is C12H15ClO2. The van der Waals surface area contributed by atoms with Gasteiger partial charge < -0.3 is 9.84 Å². The lowest BCUT2D eigenvalue weighted by atomic mass is 9.98. The van der Waals surface area contributed by atoms with Crippen LogP contribution in [0.1, 0.15) is 30.9 Å². The number of benzene rings is 1. The molecule has 1 saturated heterocycles. The van der Waals surface area contributed by atoms with E-state index >= 15 is 0 Å². The molecule has 1 aromatic carbocycles. The molecule has 0 aliphatic carbocycles. The summed E-state index contributed by atoms with van der Waals surface area (Å²) in [6.07, 6.45) is 2.42. The summed E-state index contributed by atoms with van der Waals surface area (Å²) in [6.45, 7) is 0.742. The Bertz CT molecular complexity index is 321. The van der Waals surface area contributed by atoms with Gasteiger partial charge in [-0.05, 0) is 25.3 Å². The highest BCUT2D eigenvalue weighted by Crippen LogP contribution is 2.30. The van der Waals surface area contributed by atoms with Crippen molar-refractivity contribution in [2.75, 3.05) is 6.61 Å². The maximum absolute atomic E-state index is 10.1. The summed E-state index contributed by atoms with van der Waals surface area (Å²) in [4.78, 5) is 0. The Labute approximate surface area is 94.8 Å². The van der Waals surface area contributed by atoms with E-state index in [4.69, 9.17) is 16.3 Å². The minimum Gasteiger partial charge on any atom is -0.386 e. The molecule has 1 aromatic rings. The van der Waals surface area contributed by atoms with Crippen molar-refractivity contribution in [2.45, 2.75) is 31.5 Å². The molecule has 1 aliphatic heterocycles. The van der Waals surface area contributed by atoms with Crippen molar-refractivity contribution in [3.05, 3.63) is 34.9 Å². The molecule has 1 fully saturated rings. The van der Waals surface area contributed by atoms with Crippen LogP contribution < -0.4 is 0 Å². The average Bonchev–Trinajstić information content (AvgIpc) is 2.30. The Morgan fingerprint density at radius 2 is 2.13 bits per heavy atom. The van der Waals surface area contributed by atoms with E-state index in [1.165, 1.54) is 0 Å². The highest BCUT2D eigenvalue weighted by molar-refractivity contribution is 6.31. The first kappa shape index (κ1) is 10.9. The van der Waals surface area contributed by atoms with E-state index < -0.39 is 6.10 Å². The van der Waals surface area contributed by atoms with Crippen LogP contribution in [0.25, 0.3) is 0 Å². The normalized spacial score (nSPS) is 23.7. The molecule has 2 atom stereocenters. The van der Waals surface area contributed by atoms with Gasteiger partial charge in [-0.3, -0.25) is 0 Å². The van der Waals surface area contributed by atoms with Gasteiger partial charge in [0, 0.05) is 17.2 Å². The predicted molar refractivity (Wildman–Crippen MR) is 60.0 cm³/mol. The van der Waals surface area contributed by atoms with Gasteiger partial charge in [-0.25, -0.2) is 0 Å². The smallest absolute Gasteiger partial charge is 0.107 e. The number of aliphatic hydroxyl groups excluding tert-OH is 1. The quantitative estimate of drug-likeness (QED) is 0.840. The second-order valence-electron chi connectivity index (χ2n) is 3.87. The van der Waals surface area contributed by atoms with Crippen molar-refractivity contribution in [3.8, 4) is 0 Å². The minimum absolute atomic E-state index is 0.0985. The first-order chi connectivity index (χ1) is 7.29. The largest absolute Gasteiger partial charge is 0.386 e. The van der Waals surface area contributed by atoms with Crippen molar-refractivity contribution in [3.63, 3.8) is 0 Å². The number of halogens is 1. The van der Waals surface area contributed by atoms with E-state index in [2.05, 4.69) is 0 Å². The molecule has 82 valence electrons. The summed E-state index contributed by atoms with van der Waals surface area (Å²) in [7, 11) is 0. The zero-order chi connectivity index (χ0) is 10.7. The molecule has 0 spiro atoms. The van der Waals surface area contributed by atoms with E-state index in [9.17, 15) is 5.11 Å². The molecular weight excluding hydrogens is 212 g/mol. The molecule has 0 radical (unpaired) electrons. The molecule has 2 rings (SSSR count). The van der Waals surface area contributed by atoms with Gasteiger partial charge >= 0.3 is 0 Å². The SMILES string of the molecule is OC(c1ccccc1Cl)C1CCCCO1. The van der Waals surface area contributed by atoms with Gasteiger partial charge in [-0.15, -0.1) is 0 Å². The third kappa shape index (κ3) is 2.51. The Kier molecular flexibility index (Phi) is 3.62. The second kappa shape index (κ2) is 4.97. The van der Waals surface area contributed by atoms with Crippen molar-refractivity contribution in [1.82, 2.24) is 0 Å². The van der Waals surface area contributed by atoms with E-state index in [0.29, 0.717) is 5.02 Å². The minimum atomic E-state index is -0.598. The highest BCUT2D eigenvalue weighted by Gasteiger charge is 2.25. The molecule has 0 amide bonds. The van der Waals surface area contributed by atoms with Crippen LogP contribution in [0.3, 0.4) is 0 Å². The number of hydrogen-bond donors (Lipinski definition) is 1. The van der Waals surface area contributed by atoms with Crippen LogP contribution in [0.4, 0.5) is 0 Å². The fourth-order valence-corrected chi connectivity index (χ4v) is 2.18. The van der Waals surface area contributed by atoms with E-state index in [1.54, 1.807) is 6.07 Å². The lowest BCUT2D eigenvalue weighted by molar-refractivity contribution is -0.0633. The molecule has 1 heterocycles. The van der Waals surface area contributed by atoms with E-state index in [0.717, 1.165) is 31.4 Å². The lowest BCUT2D eigenvalue weighted by Crippen LogP contribution is -2.26. The van der Waals surface area contributed by atoms with Gasteiger partial charge in [-0.2, -0.15) is 0 Å². The Morgan fingerprint density at radius 1 is 1.33 bits per heavy atom. The second-order valence-corrected chi connectivity index (χ2v) is 4.28. The number of hydrogen-bond acceptors (Lipinski definition) is 2. The molecule has 1 N–H and O–H groups in total. The Hall–Kier alpha value is -0.570. The maximum Gasteiger partial charge on any atom is 0.107 e. The van der Waals surface area contributed by atoms with Gasteiger partial charge in [0.1, 0.15) is 6.10 Å². The molecule has 15 heavy (non-hydrogen) atoms. The van der Waals surface area contributed by atoms with Gasteiger partial charge in [-0.1, -0.05) is 29.8 Å². The summed E-state index contributed by atoms with van der Waals surface area (Å²) in [5.74, 6) is 0. The summed E-state index contributed by atoms with van der Waals surface area (Å²) >= 11 is 6.02. The van der Waals surface area contributed by atoms with Crippen LogP contribution >= 0.6 is 11.6 Å². The van der Waals surface area contributed by atoms with Crippen LogP contribution in [0, 0.1) is 0 Å². The maximum atomic E-state index is 10.1. The number of rotatable bonds is 2. The zero-order valence-corrected chi connectivity index (χ0v) is 9.28. The van der Waals surface area contributed by atoms with Crippen molar-refractivity contribution in [2.24, 2.45) is 0 Å². The third-order valence-electron chi connectivity index (χ3n) is 2.79. The standard InChI is InChI=1S/C12H15ClO2/c13-10-6-2-1-5-9(10)12(14)11-7-3-4-8-15-11/h1-2,5-6,11-12,14H,3-4,7-8H2. The third-order valence-corrected chi connectivity index (χ3v) is 3.14. The van der Waals surface area contributed by atoms with E-state index in [1.807, 2.05) is 18.2 Å². The van der Waals surface area contributed by atoms with Crippen LogP contribution in [-0.4, -0.2) is 17.8 Å². The first-order valence-corrected chi connectivity index (χ1v) is 5.71. The number of aliphatic hydroxyl groups is 1. The Balaban J connectivity index is 2.12. The van der Waals surface area contributed by atoms with Crippen LogP contribution in [0.2, 0.25) is 5.02 Å². The topological polar surface area (TPSA) is 29.5 Å². The van der Waals surface area contributed by atoms with Crippen molar-refractivity contribution >= 4 is 11.6 Å². The summed E-state index contributed by atoms with van der Waals surface area (Å²) in [5, 5.41) is 10.7. The average molecular weight is 227 g/mol. The molecule has 1 aliphatic rings. The van der Waals surface area contributed by atoms with Gasteiger partial charge in [0.2, 0.25) is 0 Å². The molecule has 3 heteroatoms. The molecule has 0 aromatic heterocycles. The summed E-state index contributed by atoms with van der Waals surface area (Å²) < 4.78 is 5.54. The van der Waals surface area contributed by atoms with Crippen LogP contribution in [0.15, 0.2) is 24.3 Å². The molecule has 0 saturated carbocycles. The zero-order valence-electron chi connectivity index (χ0n) is 8.53. The van der Waals surface area contributed by atoms with Gasteiger partial charge in [0.15, 0.2) is 0 Å². The lowest BCUT2D eigenvalue weighted by Gasteiger charge is -2.27. The molecule has 2 unspecified atom stereocenters. The van der Waals surface area contributed by atoms with Gasteiger partial charge in [0.25, 0.3) is 0 Å². The van der Waals surface area contributed by atoms with Crippen LogP contribution in [0.5, 0.6) is 0 Å². The van der Waals surface area contributed by atoms with Crippen molar-refractivity contribution in [1.29, 1.82) is 0 Å². The fraction of sp³-hybridized carbons (Fsp3) is 0.500. The first-order valence-electron chi connectivity index (χ1n) is 5.33. The Morgan fingerprint density at radius 3 is 2.80 bits per heavy atom. The number of ether oxygens (including phenoxy) is 1. The van der Waals surface area contributed by atoms with Crippen LogP contribution in [-0.2, 0) is 4.74 Å².